The van der Waals surface area contributed by atoms with Gasteiger partial charge in [0.05, 0.1) is 6.10 Å². The summed E-state index contributed by atoms with van der Waals surface area (Å²) < 4.78 is 0. The number of aliphatic hydroxyl groups is 1. The minimum Gasteiger partial charge on any atom is -0.393 e. The molecule has 1 aliphatic rings. The minimum atomic E-state index is -0.143. The summed E-state index contributed by atoms with van der Waals surface area (Å²) >= 11 is 0. The number of hydrogen-bond acceptors (Lipinski definition) is 1. The molecule has 1 rings (SSSR count). The second-order valence-electron chi connectivity index (χ2n) is 5.38. The second-order valence-corrected chi connectivity index (χ2v) is 5.38. The van der Waals surface area contributed by atoms with Gasteiger partial charge >= 0.3 is 0 Å². The summed E-state index contributed by atoms with van der Waals surface area (Å²) in [6.45, 7) is 2.19. The maximum absolute atomic E-state index is 10.0. The highest BCUT2D eigenvalue weighted by Gasteiger charge is 2.20. The van der Waals surface area contributed by atoms with Gasteiger partial charge in [-0.3, -0.25) is 0 Å². The van der Waals surface area contributed by atoms with Gasteiger partial charge < -0.3 is 5.11 Å². The maximum atomic E-state index is 10.0. The van der Waals surface area contributed by atoms with E-state index in [1.54, 1.807) is 0 Å². The molecule has 0 saturated heterocycles. The van der Waals surface area contributed by atoms with Gasteiger partial charge in [-0.2, -0.15) is 0 Å². The van der Waals surface area contributed by atoms with Gasteiger partial charge in [0.25, 0.3) is 0 Å². The van der Waals surface area contributed by atoms with Crippen molar-refractivity contribution in [3.63, 3.8) is 0 Å². The Morgan fingerprint density at radius 1 is 1.31 bits per heavy atom. The highest BCUT2D eigenvalue weighted by molar-refractivity contribution is 4.83. The third kappa shape index (κ3) is 5.03. The van der Waals surface area contributed by atoms with Crippen molar-refractivity contribution in [2.24, 2.45) is 11.8 Å². The Bertz CT molecular complexity index is 210. The summed E-state index contributed by atoms with van der Waals surface area (Å²) in [6, 6.07) is 0. The Labute approximate surface area is 101 Å². The van der Waals surface area contributed by atoms with Crippen molar-refractivity contribution < 1.29 is 5.11 Å². The quantitative estimate of drug-likeness (QED) is 0.536. The molecule has 0 heterocycles. The van der Waals surface area contributed by atoms with Gasteiger partial charge in [-0.15, -0.1) is 12.3 Å². The smallest absolute Gasteiger partial charge is 0.0566 e. The lowest BCUT2D eigenvalue weighted by Crippen LogP contribution is -2.21. The average Bonchev–Trinajstić information content (AvgIpc) is 2.30. The fraction of sp³-hybridized carbons (Fsp3) is 0.867. The van der Waals surface area contributed by atoms with E-state index in [0.717, 1.165) is 25.2 Å². The Morgan fingerprint density at radius 3 is 2.62 bits per heavy atom. The van der Waals surface area contributed by atoms with E-state index >= 15 is 0 Å². The zero-order chi connectivity index (χ0) is 11.8. The lowest BCUT2D eigenvalue weighted by atomic mass is 9.81. The van der Waals surface area contributed by atoms with Crippen molar-refractivity contribution in [2.45, 2.75) is 70.8 Å². The molecule has 1 saturated carbocycles. The first-order valence-electron chi connectivity index (χ1n) is 6.85. The summed E-state index contributed by atoms with van der Waals surface area (Å²) in [6.07, 6.45) is 15.9. The highest BCUT2D eigenvalue weighted by atomic mass is 16.3. The Balaban J connectivity index is 2.16. The predicted octanol–water partition coefficient (Wildman–Crippen LogP) is 3.76. The van der Waals surface area contributed by atoms with Gasteiger partial charge in [0.2, 0.25) is 0 Å². The van der Waals surface area contributed by atoms with E-state index in [0.29, 0.717) is 5.92 Å². The molecule has 16 heavy (non-hydrogen) atoms. The number of terminal acetylenes is 1. The molecule has 0 spiro atoms. The maximum Gasteiger partial charge on any atom is 0.0566 e. The summed E-state index contributed by atoms with van der Waals surface area (Å²) in [7, 11) is 0. The molecule has 0 aromatic rings. The van der Waals surface area contributed by atoms with Crippen LogP contribution >= 0.6 is 0 Å². The first-order valence-corrected chi connectivity index (χ1v) is 6.85. The summed E-state index contributed by atoms with van der Waals surface area (Å²) in [4.78, 5) is 0. The molecule has 0 aromatic heterocycles. The molecule has 1 unspecified atom stereocenters. The molecule has 1 heteroatoms. The van der Waals surface area contributed by atoms with Crippen LogP contribution in [0.1, 0.15) is 64.7 Å². The first-order chi connectivity index (χ1) is 7.74. The van der Waals surface area contributed by atoms with Crippen LogP contribution in [-0.4, -0.2) is 11.2 Å². The second kappa shape index (κ2) is 7.74. The van der Waals surface area contributed by atoms with E-state index in [2.05, 4.69) is 12.8 Å². The fourth-order valence-electron chi connectivity index (χ4n) is 2.80. The van der Waals surface area contributed by atoms with Crippen LogP contribution in [0.15, 0.2) is 0 Å². The minimum absolute atomic E-state index is 0.143. The molecule has 0 bridgehead atoms. The summed E-state index contributed by atoms with van der Waals surface area (Å²) in [5.74, 6) is 3.94. The fourth-order valence-corrected chi connectivity index (χ4v) is 2.80. The number of unbranched alkanes of at least 4 members (excludes halogenated alkanes) is 1. The Morgan fingerprint density at radius 2 is 2.00 bits per heavy atom. The van der Waals surface area contributed by atoms with Gasteiger partial charge in [0.15, 0.2) is 0 Å². The molecule has 1 nitrogen and oxygen atoms in total. The number of aliphatic hydroxyl groups excluding tert-OH is 1. The zero-order valence-electron chi connectivity index (χ0n) is 10.6. The van der Waals surface area contributed by atoms with E-state index < -0.39 is 0 Å². The van der Waals surface area contributed by atoms with E-state index in [4.69, 9.17) is 6.42 Å². The normalized spacial score (nSPS) is 21.3. The lowest BCUT2D eigenvalue weighted by molar-refractivity contribution is 0.0871. The van der Waals surface area contributed by atoms with E-state index in [-0.39, 0.29) is 6.10 Å². The lowest BCUT2D eigenvalue weighted by Gasteiger charge is -2.27. The van der Waals surface area contributed by atoms with Crippen LogP contribution in [0.5, 0.6) is 0 Å². The van der Waals surface area contributed by atoms with E-state index in [9.17, 15) is 5.11 Å². The number of hydrogen-bond donors (Lipinski definition) is 1. The van der Waals surface area contributed by atoms with Gasteiger partial charge in [-0.1, -0.05) is 39.0 Å². The topological polar surface area (TPSA) is 20.2 Å². The van der Waals surface area contributed by atoms with Crippen LogP contribution in [0.3, 0.4) is 0 Å². The van der Waals surface area contributed by atoms with Crippen LogP contribution < -0.4 is 0 Å². The standard InChI is InChI=1S/C15H26O/c1-3-4-6-11-15(16)13(2)12-14-9-7-5-8-10-14/h1,13-16H,4-12H2,2H3/t13?,15-/m0/s1. The largest absolute Gasteiger partial charge is 0.393 e. The predicted molar refractivity (Wildman–Crippen MR) is 69.0 cm³/mol. The van der Waals surface area contributed by atoms with Crippen LogP contribution in [0.4, 0.5) is 0 Å². The molecule has 2 atom stereocenters. The Kier molecular flexibility index (Phi) is 6.57. The monoisotopic (exact) mass is 222 g/mol. The highest BCUT2D eigenvalue weighted by Crippen LogP contribution is 2.30. The van der Waals surface area contributed by atoms with Crippen molar-refractivity contribution in [3.8, 4) is 12.3 Å². The van der Waals surface area contributed by atoms with Crippen molar-refractivity contribution in [1.82, 2.24) is 0 Å². The van der Waals surface area contributed by atoms with Crippen molar-refractivity contribution in [1.29, 1.82) is 0 Å². The summed E-state index contributed by atoms with van der Waals surface area (Å²) in [5.41, 5.74) is 0. The molecule has 0 amide bonds. The third-order valence-electron chi connectivity index (χ3n) is 3.91. The molecular formula is C15H26O. The van der Waals surface area contributed by atoms with Gasteiger partial charge in [0.1, 0.15) is 0 Å². The van der Waals surface area contributed by atoms with Crippen molar-refractivity contribution >= 4 is 0 Å². The molecule has 0 aromatic carbocycles. The Hall–Kier alpha value is -0.480. The van der Waals surface area contributed by atoms with E-state index in [1.165, 1.54) is 38.5 Å². The molecule has 1 fully saturated rings. The molecule has 0 radical (unpaired) electrons. The molecule has 0 aliphatic heterocycles. The van der Waals surface area contributed by atoms with Crippen LogP contribution in [-0.2, 0) is 0 Å². The van der Waals surface area contributed by atoms with Gasteiger partial charge in [-0.05, 0) is 31.1 Å². The van der Waals surface area contributed by atoms with Crippen molar-refractivity contribution in [3.05, 3.63) is 0 Å². The van der Waals surface area contributed by atoms with Gasteiger partial charge in [0, 0.05) is 6.42 Å². The van der Waals surface area contributed by atoms with Crippen LogP contribution in [0, 0.1) is 24.2 Å². The van der Waals surface area contributed by atoms with Gasteiger partial charge in [-0.25, -0.2) is 0 Å². The van der Waals surface area contributed by atoms with Crippen LogP contribution in [0.2, 0.25) is 0 Å². The molecule has 1 aliphatic carbocycles. The molecule has 1 N–H and O–H groups in total. The SMILES string of the molecule is C#CCCC[C@H](O)C(C)CC1CCCCC1. The summed E-state index contributed by atoms with van der Waals surface area (Å²) in [5, 5.41) is 10.0. The van der Waals surface area contributed by atoms with Crippen LogP contribution in [0.25, 0.3) is 0 Å². The number of rotatable bonds is 6. The molecular weight excluding hydrogens is 196 g/mol. The first kappa shape index (κ1) is 13.6. The third-order valence-corrected chi connectivity index (χ3v) is 3.91. The van der Waals surface area contributed by atoms with Crippen molar-refractivity contribution in [2.75, 3.05) is 0 Å². The average molecular weight is 222 g/mol. The molecule has 92 valence electrons. The van der Waals surface area contributed by atoms with E-state index in [1.807, 2.05) is 0 Å². The zero-order valence-corrected chi connectivity index (χ0v) is 10.6.